The highest BCUT2D eigenvalue weighted by molar-refractivity contribution is 7.90. The summed E-state index contributed by atoms with van der Waals surface area (Å²) >= 11 is 0. The molecule has 8 heteroatoms. The largest absolute Gasteiger partial charge is 0.409 e. The Bertz CT molecular complexity index is 562. The van der Waals surface area contributed by atoms with Gasteiger partial charge in [-0.15, -0.1) is 0 Å². The molecule has 0 atom stereocenters. The van der Waals surface area contributed by atoms with E-state index in [1.807, 2.05) is 0 Å². The smallest absolute Gasteiger partial charge is 0.301 e. The average Bonchev–Trinajstić information content (AvgIpc) is 2.93. The van der Waals surface area contributed by atoms with Crippen molar-refractivity contribution in [2.24, 2.45) is 10.9 Å². The first-order chi connectivity index (χ1) is 9.03. The lowest BCUT2D eigenvalue weighted by atomic mass is 10.2. The van der Waals surface area contributed by atoms with Crippen LogP contribution in [0.1, 0.15) is 18.4 Å². The number of anilines is 1. The van der Waals surface area contributed by atoms with Crippen LogP contribution in [0.25, 0.3) is 0 Å². The van der Waals surface area contributed by atoms with E-state index >= 15 is 0 Å². The third-order valence-electron chi connectivity index (χ3n) is 2.94. The predicted octanol–water partition coefficient (Wildman–Crippen LogP) is 0.534. The quantitative estimate of drug-likeness (QED) is 0.324. The van der Waals surface area contributed by atoms with Crippen molar-refractivity contribution in [2.75, 3.05) is 17.8 Å². The summed E-state index contributed by atoms with van der Waals surface area (Å²) in [5.41, 5.74) is 6.39. The third-order valence-corrected chi connectivity index (χ3v) is 4.48. The lowest BCUT2D eigenvalue weighted by Gasteiger charge is -2.16. The molecule has 0 radical (unpaired) electrons. The lowest BCUT2D eigenvalue weighted by Crippen LogP contribution is -2.33. The molecule has 1 heterocycles. The van der Waals surface area contributed by atoms with E-state index in [4.69, 9.17) is 10.9 Å². The van der Waals surface area contributed by atoms with Crippen molar-refractivity contribution < 1.29 is 13.6 Å². The summed E-state index contributed by atoms with van der Waals surface area (Å²) in [5.74, 6) is -0.0195. The molecule has 0 spiro atoms. The molecule has 0 bridgehead atoms. The normalized spacial score (nSPS) is 17.6. The number of hydrogen-bond acceptors (Lipinski definition) is 4. The van der Waals surface area contributed by atoms with Gasteiger partial charge >= 0.3 is 10.2 Å². The van der Waals surface area contributed by atoms with E-state index in [1.54, 1.807) is 24.3 Å². The van der Waals surface area contributed by atoms with Gasteiger partial charge in [-0.3, -0.25) is 4.72 Å². The molecule has 104 valence electrons. The van der Waals surface area contributed by atoms with Crippen LogP contribution < -0.4 is 10.5 Å². The van der Waals surface area contributed by atoms with Gasteiger partial charge < -0.3 is 10.9 Å². The van der Waals surface area contributed by atoms with Crippen LogP contribution in [-0.4, -0.2) is 36.9 Å². The second-order valence-corrected chi connectivity index (χ2v) is 5.95. The molecule has 0 saturated carbocycles. The van der Waals surface area contributed by atoms with Crippen LogP contribution in [0.15, 0.2) is 29.4 Å². The molecule has 0 unspecified atom stereocenters. The molecular formula is C11H16N4O3S. The molecule has 0 aliphatic carbocycles. The van der Waals surface area contributed by atoms with Crippen LogP contribution in [0.5, 0.6) is 0 Å². The summed E-state index contributed by atoms with van der Waals surface area (Å²) in [5, 5.41) is 11.4. The Labute approximate surface area is 111 Å². The van der Waals surface area contributed by atoms with E-state index in [0.29, 0.717) is 24.3 Å². The van der Waals surface area contributed by atoms with Gasteiger partial charge in [0.05, 0.1) is 0 Å². The Morgan fingerprint density at radius 1 is 1.26 bits per heavy atom. The van der Waals surface area contributed by atoms with Gasteiger partial charge in [0.1, 0.15) is 0 Å². The zero-order valence-electron chi connectivity index (χ0n) is 10.3. The number of benzene rings is 1. The summed E-state index contributed by atoms with van der Waals surface area (Å²) in [6.45, 7) is 1.11. The summed E-state index contributed by atoms with van der Waals surface area (Å²) in [7, 11) is -3.48. The third kappa shape index (κ3) is 3.15. The first-order valence-electron chi connectivity index (χ1n) is 5.89. The van der Waals surface area contributed by atoms with E-state index in [-0.39, 0.29) is 5.84 Å². The molecule has 1 aliphatic heterocycles. The molecule has 2 rings (SSSR count). The molecule has 4 N–H and O–H groups in total. The highest BCUT2D eigenvalue weighted by Gasteiger charge is 2.24. The minimum Gasteiger partial charge on any atom is -0.409 e. The average molecular weight is 284 g/mol. The van der Waals surface area contributed by atoms with Crippen LogP contribution in [0, 0.1) is 0 Å². The van der Waals surface area contributed by atoms with E-state index < -0.39 is 10.2 Å². The highest BCUT2D eigenvalue weighted by Crippen LogP contribution is 2.17. The van der Waals surface area contributed by atoms with E-state index in [2.05, 4.69) is 9.88 Å². The molecule has 0 aromatic heterocycles. The van der Waals surface area contributed by atoms with Crippen LogP contribution in [-0.2, 0) is 10.2 Å². The number of hydrogen-bond donors (Lipinski definition) is 3. The Kier molecular flexibility index (Phi) is 3.91. The molecule has 1 fully saturated rings. The van der Waals surface area contributed by atoms with Crippen molar-refractivity contribution in [3.63, 3.8) is 0 Å². The highest BCUT2D eigenvalue weighted by atomic mass is 32.2. The van der Waals surface area contributed by atoms with Crippen LogP contribution in [0.2, 0.25) is 0 Å². The molecule has 19 heavy (non-hydrogen) atoms. The van der Waals surface area contributed by atoms with E-state index in [1.165, 1.54) is 4.31 Å². The van der Waals surface area contributed by atoms with Crippen molar-refractivity contribution in [1.82, 2.24) is 4.31 Å². The summed E-state index contributed by atoms with van der Waals surface area (Å²) < 4.78 is 27.9. The molecular weight excluding hydrogens is 268 g/mol. The van der Waals surface area contributed by atoms with Crippen molar-refractivity contribution in [2.45, 2.75) is 12.8 Å². The standard InChI is InChI=1S/C11H16N4O3S/c12-11(13-16)9-3-5-10(6-4-9)14-19(17,18)15-7-1-2-8-15/h3-6,14,16H,1-2,7-8H2,(H2,12,13). The zero-order valence-corrected chi connectivity index (χ0v) is 11.1. The zero-order chi connectivity index (χ0) is 13.9. The number of oxime groups is 1. The van der Waals surface area contributed by atoms with Crippen molar-refractivity contribution >= 4 is 21.7 Å². The van der Waals surface area contributed by atoms with Gasteiger partial charge in [0.2, 0.25) is 0 Å². The number of nitrogens with two attached hydrogens (primary N) is 1. The molecule has 7 nitrogen and oxygen atoms in total. The summed E-state index contributed by atoms with van der Waals surface area (Å²) in [6.07, 6.45) is 1.78. The van der Waals surface area contributed by atoms with Gasteiger partial charge in [-0.25, -0.2) is 0 Å². The van der Waals surface area contributed by atoms with E-state index in [9.17, 15) is 8.42 Å². The number of amidine groups is 1. The maximum Gasteiger partial charge on any atom is 0.301 e. The fraction of sp³-hybridized carbons (Fsp3) is 0.364. The SMILES string of the molecule is N/C(=N/O)c1ccc(NS(=O)(=O)N2CCCC2)cc1. The second kappa shape index (κ2) is 5.45. The number of rotatable bonds is 4. The van der Waals surface area contributed by atoms with Gasteiger partial charge in [-0.05, 0) is 37.1 Å². The number of nitrogens with zero attached hydrogens (tertiary/aromatic N) is 2. The summed E-state index contributed by atoms with van der Waals surface area (Å²) in [6, 6.07) is 6.30. The second-order valence-electron chi connectivity index (χ2n) is 4.28. The molecule has 1 aliphatic rings. The molecule has 1 aromatic carbocycles. The Hall–Kier alpha value is -1.80. The topological polar surface area (TPSA) is 108 Å². The van der Waals surface area contributed by atoms with Gasteiger partial charge in [-0.1, -0.05) is 5.16 Å². The molecule has 0 amide bonds. The van der Waals surface area contributed by atoms with Gasteiger partial charge in [0.15, 0.2) is 5.84 Å². The number of nitrogens with one attached hydrogen (secondary N) is 1. The van der Waals surface area contributed by atoms with E-state index in [0.717, 1.165) is 12.8 Å². The van der Waals surface area contributed by atoms with Gasteiger partial charge in [-0.2, -0.15) is 12.7 Å². The fourth-order valence-electron chi connectivity index (χ4n) is 1.91. The minimum absolute atomic E-state index is 0.0195. The maximum atomic E-state index is 12.0. The van der Waals surface area contributed by atoms with Gasteiger partial charge in [0.25, 0.3) is 0 Å². The summed E-state index contributed by atoms with van der Waals surface area (Å²) in [4.78, 5) is 0. The Balaban J connectivity index is 2.11. The minimum atomic E-state index is -3.48. The van der Waals surface area contributed by atoms with Crippen LogP contribution in [0.4, 0.5) is 5.69 Å². The van der Waals surface area contributed by atoms with Crippen LogP contribution >= 0.6 is 0 Å². The van der Waals surface area contributed by atoms with Crippen molar-refractivity contribution in [3.05, 3.63) is 29.8 Å². The first kappa shape index (κ1) is 13.6. The van der Waals surface area contributed by atoms with Crippen molar-refractivity contribution in [3.8, 4) is 0 Å². The monoisotopic (exact) mass is 284 g/mol. The predicted molar refractivity (Wildman–Crippen MR) is 72.3 cm³/mol. The fourth-order valence-corrected chi connectivity index (χ4v) is 3.21. The van der Waals surface area contributed by atoms with Crippen LogP contribution in [0.3, 0.4) is 0 Å². The maximum absolute atomic E-state index is 12.0. The Morgan fingerprint density at radius 2 is 1.84 bits per heavy atom. The molecule has 1 aromatic rings. The van der Waals surface area contributed by atoms with Gasteiger partial charge in [0, 0.05) is 24.3 Å². The Morgan fingerprint density at radius 3 is 2.37 bits per heavy atom. The van der Waals surface area contributed by atoms with Crippen molar-refractivity contribution in [1.29, 1.82) is 0 Å². The molecule has 1 saturated heterocycles. The lowest BCUT2D eigenvalue weighted by molar-refractivity contribution is 0.318. The first-order valence-corrected chi connectivity index (χ1v) is 7.33.